The highest BCUT2D eigenvalue weighted by molar-refractivity contribution is 6.19. The van der Waals surface area contributed by atoms with Crippen LogP contribution in [0, 0.1) is 0 Å². The van der Waals surface area contributed by atoms with Crippen LogP contribution in [0.1, 0.15) is 0 Å². The Bertz CT molecular complexity index is 3320. The van der Waals surface area contributed by atoms with Crippen LogP contribution in [0.25, 0.3) is 104 Å². The monoisotopic (exact) mass is 663 g/mol. The molecule has 4 aromatic heterocycles. The van der Waals surface area contributed by atoms with Crippen molar-refractivity contribution in [1.29, 1.82) is 0 Å². The van der Waals surface area contributed by atoms with Crippen LogP contribution < -0.4 is 0 Å². The molecule has 4 nitrogen and oxygen atoms in total. The van der Waals surface area contributed by atoms with E-state index in [-0.39, 0.29) is 0 Å². The van der Waals surface area contributed by atoms with Crippen molar-refractivity contribution in [2.45, 2.75) is 0 Å². The number of nitrogens with zero attached hydrogens (tertiary/aromatic N) is 3. The summed E-state index contributed by atoms with van der Waals surface area (Å²) in [6.07, 6.45) is 0. The summed E-state index contributed by atoms with van der Waals surface area (Å²) >= 11 is 0. The van der Waals surface area contributed by atoms with Crippen molar-refractivity contribution < 1.29 is 4.42 Å². The lowest BCUT2D eigenvalue weighted by atomic mass is 10.1. The van der Waals surface area contributed by atoms with Gasteiger partial charge in [-0.1, -0.05) is 103 Å². The van der Waals surface area contributed by atoms with Gasteiger partial charge in [-0.15, -0.1) is 0 Å². The fraction of sp³-hybridized carbons (Fsp3) is 0. The van der Waals surface area contributed by atoms with E-state index in [1.165, 1.54) is 54.4 Å². The molecule has 0 radical (unpaired) electrons. The smallest absolute Gasteiger partial charge is 0.137 e. The number of hydrogen-bond donors (Lipinski definition) is 0. The predicted octanol–water partition coefficient (Wildman–Crippen LogP) is 12.9. The van der Waals surface area contributed by atoms with Gasteiger partial charge in [-0.2, -0.15) is 0 Å². The van der Waals surface area contributed by atoms with Gasteiger partial charge in [0.25, 0.3) is 0 Å². The summed E-state index contributed by atoms with van der Waals surface area (Å²) in [5.74, 6) is 0. The van der Waals surface area contributed by atoms with Gasteiger partial charge in [-0.25, -0.2) is 0 Å². The van der Waals surface area contributed by atoms with Gasteiger partial charge in [0.05, 0.1) is 55.2 Å². The summed E-state index contributed by atoms with van der Waals surface area (Å²) in [4.78, 5) is 0. The molecule has 0 saturated heterocycles. The molecule has 12 aromatic rings. The van der Waals surface area contributed by atoms with E-state index in [0.717, 1.165) is 50.0 Å². The number of furan rings is 1. The van der Waals surface area contributed by atoms with Gasteiger partial charge in [0.15, 0.2) is 0 Å². The molecule has 0 aliphatic rings. The van der Waals surface area contributed by atoms with Gasteiger partial charge in [-0.3, -0.25) is 0 Å². The van der Waals surface area contributed by atoms with Crippen molar-refractivity contribution in [3.05, 3.63) is 176 Å². The minimum absolute atomic E-state index is 0.869. The largest absolute Gasteiger partial charge is 0.456 e. The highest BCUT2D eigenvalue weighted by Gasteiger charge is 2.22. The van der Waals surface area contributed by atoms with Crippen molar-refractivity contribution in [2.75, 3.05) is 0 Å². The second-order valence-electron chi connectivity index (χ2n) is 13.7. The summed E-state index contributed by atoms with van der Waals surface area (Å²) in [7, 11) is 0. The zero-order valence-electron chi connectivity index (χ0n) is 28.0. The van der Waals surface area contributed by atoms with Crippen LogP contribution in [0.15, 0.2) is 180 Å². The maximum atomic E-state index is 6.70. The molecular formula is C48H29N3O. The molecule has 0 bridgehead atoms. The van der Waals surface area contributed by atoms with Gasteiger partial charge < -0.3 is 18.1 Å². The zero-order valence-corrected chi connectivity index (χ0v) is 28.0. The molecule has 12 rings (SSSR count). The third kappa shape index (κ3) is 3.60. The van der Waals surface area contributed by atoms with E-state index in [4.69, 9.17) is 4.42 Å². The van der Waals surface area contributed by atoms with Crippen molar-refractivity contribution in [3.8, 4) is 17.1 Å². The third-order valence-electron chi connectivity index (χ3n) is 11.0. The van der Waals surface area contributed by atoms with Crippen LogP contribution in [-0.2, 0) is 0 Å². The first kappa shape index (κ1) is 27.7. The molecule has 8 aromatic carbocycles. The van der Waals surface area contributed by atoms with Gasteiger partial charge in [0.2, 0.25) is 0 Å². The number of rotatable bonds is 3. The second kappa shape index (κ2) is 10.3. The molecule has 0 aliphatic carbocycles. The van der Waals surface area contributed by atoms with Crippen LogP contribution in [-0.4, -0.2) is 13.7 Å². The van der Waals surface area contributed by atoms with E-state index < -0.39 is 0 Å². The quantitative estimate of drug-likeness (QED) is 0.185. The SMILES string of the molecule is c1cc(-n2c3ccccc3c3ccccc32)c2c(c1)oc1cccc(-n3c4ccccc4c4cc(-n5c6ccccc6c6ccccc65)ccc43)c12. The molecule has 0 spiro atoms. The van der Waals surface area contributed by atoms with E-state index >= 15 is 0 Å². The van der Waals surface area contributed by atoms with Crippen LogP contribution in [0.5, 0.6) is 0 Å². The fourth-order valence-corrected chi connectivity index (χ4v) is 8.95. The zero-order chi connectivity index (χ0) is 33.9. The number of fused-ring (bicyclic) bond motifs is 12. The lowest BCUT2D eigenvalue weighted by Gasteiger charge is -2.13. The maximum absolute atomic E-state index is 6.70. The first-order valence-electron chi connectivity index (χ1n) is 17.8. The number of para-hydroxylation sites is 5. The summed E-state index contributed by atoms with van der Waals surface area (Å²) < 4.78 is 13.9. The van der Waals surface area contributed by atoms with E-state index in [0.29, 0.717) is 0 Å². The summed E-state index contributed by atoms with van der Waals surface area (Å²) in [6, 6.07) is 63.4. The summed E-state index contributed by atoms with van der Waals surface area (Å²) in [5.41, 5.74) is 12.2. The lowest BCUT2D eigenvalue weighted by molar-refractivity contribution is 0.668. The first-order valence-corrected chi connectivity index (χ1v) is 17.8. The minimum atomic E-state index is 0.869. The fourth-order valence-electron chi connectivity index (χ4n) is 8.95. The summed E-state index contributed by atoms with van der Waals surface area (Å²) in [6.45, 7) is 0. The number of benzene rings is 8. The number of hydrogen-bond acceptors (Lipinski definition) is 1. The van der Waals surface area contributed by atoms with E-state index in [9.17, 15) is 0 Å². The van der Waals surface area contributed by atoms with Crippen LogP contribution in [0.2, 0.25) is 0 Å². The highest BCUT2D eigenvalue weighted by atomic mass is 16.3. The average molecular weight is 664 g/mol. The topological polar surface area (TPSA) is 27.9 Å². The Morgan fingerprint density at radius 2 is 0.654 bits per heavy atom. The Kier molecular flexibility index (Phi) is 5.47. The van der Waals surface area contributed by atoms with Crippen LogP contribution in [0.4, 0.5) is 0 Å². The molecule has 52 heavy (non-hydrogen) atoms. The Balaban J connectivity index is 1.17. The normalized spacial score (nSPS) is 12.2. The first-order chi connectivity index (χ1) is 25.8. The molecule has 4 heteroatoms. The van der Waals surface area contributed by atoms with Crippen molar-refractivity contribution in [1.82, 2.24) is 13.7 Å². The predicted molar refractivity (Wildman–Crippen MR) is 217 cm³/mol. The van der Waals surface area contributed by atoms with Crippen LogP contribution >= 0.6 is 0 Å². The standard InChI is InChI=1S/C48H29N3O/c1-6-18-37-31(13-1)32-14-2-7-19-38(32)49(37)30-27-28-42-36(29-30)35-17-5-10-22-41(35)51(42)44-24-12-26-46-48(44)47-43(23-11-25-45(47)52-46)50-39-20-8-3-15-33(39)34-16-4-9-21-40(34)50/h1-29H. The van der Waals surface area contributed by atoms with Gasteiger partial charge >= 0.3 is 0 Å². The van der Waals surface area contributed by atoms with E-state index in [2.05, 4.69) is 190 Å². The molecule has 0 aliphatic heterocycles. The minimum Gasteiger partial charge on any atom is -0.456 e. The molecular weight excluding hydrogens is 635 g/mol. The molecule has 0 saturated carbocycles. The Labute approximate surface area is 297 Å². The Morgan fingerprint density at radius 3 is 1.10 bits per heavy atom. The highest BCUT2D eigenvalue weighted by Crippen LogP contribution is 2.43. The van der Waals surface area contributed by atoms with E-state index in [1.54, 1.807) is 0 Å². The van der Waals surface area contributed by atoms with Crippen molar-refractivity contribution >= 4 is 87.4 Å². The molecule has 0 fully saturated rings. The number of aromatic nitrogens is 3. The molecule has 0 atom stereocenters. The van der Waals surface area contributed by atoms with Crippen molar-refractivity contribution in [3.63, 3.8) is 0 Å². The molecule has 0 unspecified atom stereocenters. The molecule has 0 N–H and O–H groups in total. The Morgan fingerprint density at radius 1 is 0.288 bits per heavy atom. The van der Waals surface area contributed by atoms with Gasteiger partial charge in [0, 0.05) is 38.0 Å². The van der Waals surface area contributed by atoms with Crippen molar-refractivity contribution in [2.24, 2.45) is 0 Å². The molecule has 0 amide bonds. The maximum Gasteiger partial charge on any atom is 0.137 e. The molecule has 242 valence electrons. The van der Waals surface area contributed by atoms with Crippen LogP contribution in [0.3, 0.4) is 0 Å². The van der Waals surface area contributed by atoms with E-state index in [1.807, 2.05) is 0 Å². The average Bonchev–Trinajstić information content (AvgIpc) is 3.94. The molecule has 4 heterocycles. The third-order valence-corrected chi connectivity index (χ3v) is 11.0. The van der Waals surface area contributed by atoms with Gasteiger partial charge in [-0.05, 0) is 72.8 Å². The van der Waals surface area contributed by atoms with Gasteiger partial charge in [0.1, 0.15) is 11.2 Å². The second-order valence-corrected chi connectivity index (χ2v) is 13.7. The Hall–Kier alpha value is -7.04. The summed E-state index contributed by atoms with van der Waals surface area (Å²) in [5, 5.41) is 9.64. The lowest BCUT2D eigenvalue weighted by Crippen LogP contribution is -1.98.